The van der Waals surface area contributed by atoms with Gasteiger partial charge in [-0.2, -0.15) is 0 Å². The zero-order valence-corrected chi connectivity index (χ0v) is 16.4. The van der Waals surface area contributed by atoms with Crippen LogP contribution in [-0.4, -0.2) is 0 Å². The normalized spacial score (nSPS) is 9.32. The molecule has 0 heteroatoms. The first-order valence-electron chi connectivity index (χ1n) is 9.23. The molecular weight excluding hydrogens is 300 g/mol. The van der Waals surface area contributed by atoms with E-state index < -0.39 is 0 Å². The SMILES string of the molecule is CCCC.Cc1ccccc1.Cc1ccccc1-c1ccccc1C. The summed E-state index contributed by atoms with van der Waals surface area (Å²) in [5.74, 6) is 0. The summed E-state index contributed by atoms with van der Waals surface area (Å²) >= 11 is 0. The molecule has 3 rings (SSSR count). The molecule has 0 radical (unpaired) electrons. The van der Waals surface area contributed by atoms with E-state index in [2.05, 4.69) is 95.3 Å². The Morgan fingerprint density at radius 3 is 1.12 bits per heavy atom. The Morgan fingerprint density at radius 1 is 0.480 bits per heavy atom. The summed E-state index contributed by atoms with van der Waals surface area (Å²) in [6.45, 7) is 10.8. The second kappa shape index (κ2) is 12.1. The molecule has 25 heavy (non-hydrogen) atoms. The first-order chi connectivity index (χ1) is 12.1. The van der Waals surface area contributed by atoms with E-state index in [0.29, 0.717) is 0 Å². The third-order valence-corrected chi connectivity index (χ3v) is 4.02. The molecule has 0 heterocycles. The molecule has 0 spiro atoms. The van der Waals surface area contributed by atoms with Crippen molar-refractivity contribution in [2.24, 2.45) is 0 Å². The van der Waals surface area contributed by atoms with Crippen molar-refractivity contribution < 1.29 is 0 Å². The van der Waals surface area contributed by atoms with Crippen LogP contribution in [0.4, 0.5) is 0 Å². The van der Waals surface area contributed by atoms with Gasteiger partial charge in [-0.05, 0) is 43.0 Å². The molecular formula is C25H32. The summed E-state index contributed by atoms with van der Waals surface area (Å²) in [5.41, 5.74) is 6.67. The summed E-state index contributed by atoms with van der Waals surface area (Å²) in [6, 6.07) is 27.3. The number of rotatable bonds is 2. The summed E-state index contributed by atoms with van der Waals surface area (Å²) < 4.78 is 0. The van der Waals surface area contributed by atoms with Crippen LogP contribution >= 0.6 is 0 Å². The number of hydrogen-bond acceptors (Lipinski definition) is 0. The molecule has 0 unspecified atom stereocenters. The Morgan fingerprint density at radius 2 is 0.840 bits per heavy atom. The highest BCUT2D eigenvalue weighted by atomic mass is 14.1. The smallest absolute Gasteiger partial charge is 0.0152 e. The molecule has 0 atom stereocenters. The molecule has 0 N–H and O–H groups in total. The monoisotopic (exact) mass is 332 g/mol. The van der Waals surface area contributed by atoms with E-state index in [0.717, 1.165) is 0 Å². The summed E-state index contributed by atoms with van der Waals surface area (Å²) in [6.07, 6.45) is 2.64. The predicted octanol–water partition coefficient (Wildman–Crippen LogP) is 7.77. The minimum absolute atomic E-state index is 1.32. The van der Waals surface area contributed by atoms with Crippen molar-refractivity contribution in [3.63, 3.8) is 0 Å². The Hall–Kier alpha value is -2.34. The molecule has 0 nitrogen and oxygen atoms in total. The molecule has 0 aliphatic rings. The second-order valence-electron chi connectivity index (χ2n) is 6.28. The van der Waals surface area contributed by atoms with Gasteiger partial charge in [-0.15, -0.1) is 0 Å². The van der Waals surface area contributed by atoms with Crippen LogP contribution in [-0.2, 0) is 0 Å². The third kappa shape index (κ3) is 7.85. The van der Waals surface area contributed by atoms with Crippen LogP contribution < -0.4 is 0 Å². The first-order valence-corrected chi connectivity index (χ1v) is 9.23. The summed E-state index contributed by atoms with van der Waals surface area (Å²) in [5, 5.41) is 0. The molecule has 3 aromatic rings. The van der Waals surface area contributed by atoms with E-state index in [4.69, 9.17) is 0 Å². The van der Waals surface area contributed by atoms with Gasteiger partial charge in [0.05, 0.1) is 0 Å². The van der Waals surface area contributed by atoms with Crippen LogP contribution in [0.5, 0.6) is 0 Å². The zero-order chi connectivity index (χ0) is 18.5. The van der Waals surface area contributed by atoms with E-state index in [1.165, 1.54) is 40.7 Å². The lowest BCUT2D eigenvalue weighted by atomic mass is 9.97. The highest BCUT2D eigenvalue weighted by molar-refractivity contribution is 5.70. The van der Waals surface area contributed by atoms with E-state index in [1.54, 1.807) is 0 Å². The van der Waals surface area contributed by atoms with Crippen molar-refractivity contribution in [1.29, 1.82) is 0 Å². The van der Waals surface area contributed by atoms with Crippen LogP contribution in [0.25, 0.3) is 11.1 Å². The molecule has 0 fully saturated rings. The van der Waals surface area contributed by atoms with Crippen LogP contribution in [0, 0.1) is 20.8 Å². The topological polar surface area (TPSA) is 0 Å². The lowest BCUT2D eigenvalue weighted by Gasteiger charge is -2.08. The van der Waals surface area contributed by atoms with Crippen molar-refractivity contribution in [1.82, 2.24) is 0 Å². The molecule has 0 aliphatic carbocycles. The van der Waals surface area contributed by atoms with Gasteiger partial charge in [0, 0.05) is 0 Å². The maximum atomic E-state index is 2.18. The van der Waals surface area contributed by atoms with Crippen LogP contribution in [0.3, 0.4) is 0 Å². The van der Waals surface area contributed by atoms with Crippen molar-refractivity contribution in [2.45, 2.75) is 47.5 Å². The number of benzene rings is 3. The van der Waals surface area contributed by atoms with Gasteiger partial charge in [0.25, 0.3) is 0 Å². The average molecular weight is 333 g/mol. The predicted molar refractivity (Wildman–Crippen MR) is 113 cm³/mol. The van der Waals surface area contributed by atoms with Crippen molar-refractivity contribution >= 4 is 0 Å². The molecule has 0 amide bonds. The molecule has 0 bridgehead atoms. The Bertz CT molecular complexity index is 665. The summed E-state index contributed by atoms with van der Waals surface area (Å²) in [7, 11) is 0. The van der Waals surface area contributed by atoms with Crippen molar-refractivity contribution in [3.05, 3.63) is 95.6 Å². The maximum absolute atomic E-state index is 2.18. The number of aryl methyl sites for hydroxylation is 3. The lowest BCUT2D eigenvalue weighted by Crippen LogP contribution is -1.85. The van der Waals surface area contributed by atoms with E-state index in [1.807, 2.05) is 18.2 Å². The van der Waals surface area contributed by atoms with Gasteiger partial charge in [-0.25, -0.2) is 0 Å². The minimum atomic E-state index is 1.32. The van der Waals surface area contributed by atoms with E-state index >= 15 is 0 Å². The van der Waals surface area contributed by atoms with Crippen molar-refractivity contribution in [2.75, 3.05) is 0 Å². The largest absolute Gasteiger partial charge is 0.0654 e. The number of unbranched alkanes of at least 4 members (excludes halogenated alkanes) is 1. The van der Waals surface area contributed by atoms with Gasteiger partial charge < -0.3 is 0 Å². The first kappa shape index (κ1) is 20.7. The summed E-state index contributed by atoms with van der Waals surface area (Å²) in [4.78, 5) is 0. The van der Waals surface area contributed by atoms with Crippen LogP contribution in [0.2, 0.25) is 0 Å². The number of hydrogen-bond donors (Lipinski definition) is 0. The van der Waals surface area contributed by atoms with Crippen LogP contribution in [0.15, 0.2) is 78.9 Å². The van der Waals surface area contributed by atoms with Crippen LogP contribution in [0.1, 0.15) is 43.4 Å². The highest BCUT2D eigenvalue weighted by Gasteiger charge is 2.02. The maximum Gasteiger partial charge on any atom is -0.0152 e. The van der Waals surface area contributed by atoms with Gasteiger partial charge in [-0.1, -0.05) is 111 Å². The Kier molecular flexibility index (Phi) is 10.0. The van der Waals surface area contributed by atoms with E-state index in [9.17, 15) is 0 Å². The molecule has 0 saturated heterocycles. The fourth-order valence-corrected chi connectivity index (χ4v) is 2.28. The Labute approximate surface area is 154 Å². The van der Waals surface area contributed by atoms with Gasteiger partial charge in [0.2, 0.25) is 0 Å². The third-order valence-electron chi connectivity index (χ3n) is 4.02. The molecule has 3 aromatic carbocycles. The highest BCUT2D eigenvalue weighted by Crippen LogP contribution is 2.25. The fourth-order valence-electron chi connectivity index (χ4n) is 2.28. The minimum Gasteiger partial charge on any atom is -0.0654 e. The average Bonchev–Trinajstić information content (AvgIpc) is 2.64. The molecule has 0 aliphatic heterocycles. The standard InChI is InChI=1S/C14H14.C7H8.C4H10/c1-11-7-3-5-9-13(11)14-10-6-4-8-12(14)2;1-7-5-3-2-4-6-7;1-3-4-2/h3-10H,1-2H3;2-6H,1H3;3-4H2,1-2H3. The lowest BCUT2D eigenvalue weighted by molar-refractivity contribution is 0.886. The zero-order valence-electron chi connectivity index (χ0n) is 16.4. The molecule has 0 aromatic heterocycles. The van der Waals surface area contributed by atoms with Gasteiger partial charge in [0.15, 0.2) is 0 Å². The van der Waals surface area contributed by atoms with Crippen molar-refractivity contribution in [3.8, 4) is 11.1 Å². The van der Waals surface area contributed by atoms with Gasteiger partial charge >= 0.3 is 0 Å². The molecule has 132 valence electrons. The fraction of sp³-hybridized carbons (Fsp3) is 0.280. The molecule has 0 saturated carbocycles. The Balaban J connectivity index is 0.000000237. The van der Waals surface area contributed by atoms with E-state index in [-0.39, 0.29) is 0 Å². The van der Waals surface area contributed by atoms with Gasteiger partial charge in [-0.3, -0.25) is 0 Å². The van der Waals surface area contributed by atoms with Gasteiger partial charge in [0.1, 0.15) is 0 Å². The quantitative estimate of drug-likeness (QED) is 0.449. The second-order valence-corrected chi connectivity index (χ2v) is 6.28.